The third-order valence-electron chi connectivity index (χ3n) is 4.99. The molecule has 3 heterocycles. The number of thiophene rings is 1. The molecule has 9 heteroatoms. The van der Waals surface area contributed by atoms with E-state index in [1.54, 1.807) is 33.0 Å². The lowest BCUT2D eigenvalue weighted by Gasteiger charge is -2.20. The molecule has 0 radical (unpaired) electrons. The summed E-state index contributed by atoms with van der Waals surface area (Å²) in [5.41, 5.74) is 1.74. The van der Waals surface area contributed by atoms with Crippen molar-refractivity contribution >= 4 is 34.2 Å². The Morgan fingerprint density at radius 3 is 2.73 bits per heavy atom. The molecule has 4 aromatic rings. The molecule has 3 aromatic heterocycles. The van der Waals surface area contributed by atoms with E-state index in [1.807, 2.05) is 28.8 Å². The summed E-state index contributed by atoms with van der Waals surface area (Å²) in [6.45, 7) is 10.5. The summed E-state index contributed by atoms with van der Waals surface area (Å²) in [6.07, 6.45) is 1.65. The molecule has 1 aromatic carbocycles. The third-order valence-corrected chi connectivity index (χ3v) is 6.09. The second-order valence-corrected chi connectivity index (χ2v) is 10.1. The van der Waals surface area contributed by atoms with Crippen LogP contribution in [0.3, 0.4) is 0 Å². The molecule has 0 saturated heterocycles. The number of hydrogen-bond donors (Lipinski definition) is 3. The lowest BCUT2D eigenvalue weighted by molar-refractivity contribution is 0.0630. The lowest BCUT2D eigenvalue weighted by Crippen LogP contribution is -2.27. The molecule has 3 N–H and O–H groups in total. The third kappa shape index (κ3) is 5.50. The van der Waals surface area contributed by atoms with Crippen LogP contribution in [0.2, 0.25) is 0 Å². The zero-order valence-electron chi connectivity index (χ0n) is 19.5. The van der Waals surface area contributed by atoms with E-state index in [0.29, 0.717) is 28.5 Å². The number of benzene rings is 1. The molecule has 1 amide bonds. The van der Waals surface area contributed by atoms with Gasteiger partial charge in [-0.05, 0) is 43.7 Å². The summed E-state index contributed by atoms with van der Waals surface area (Å²) in [5.74, 6) is 1.34. The van der Waals surface area contributed by atoms with Crippen molar-refractivity contribution in [3.8, 4) is 10.6 Å². The highest BCUT2D eigenvalue weighted by Gasteiger charge is 2.22. The second-order valence-electron chi connectivity index (χ2n) is 9.05. The quantitative estimate of drug-likeness (QED) is 0.350. The predicted molar refractivity (Wildman–Crippen MR) is 131 cm³/mol. The maximum Gasteiger partial charge on any atom is 0.268 e. The molecule has 0 aliphatic rings. The molecule has 8 nitrogen and oxygen atoms in total. The number of anilines is 1. The molecule has 4 rings (SSSR count). The Balaban J connectivity index is 1.63. The minimum atomic E-state index is -0.981. The number of nitrogens with one attached hydrogen (secondary N) is 2. The molecule has 0 atom stereocenters. The number of fused-ring (bicyclic) bond motifs is 1. The van der Waals surface area contributed by atoms with Crippen molar-refractivity contribution in [3.05, 3.63) is 52.9 Å². The fraction of sp³-hybridized carbons (Fsp3) is 0.375. The van der Waals surface area contributed by atoms with Gasteiger partial charge in [-0.2, -0.15) is 0 Å². The first-order valence-corrected chi connectivity index (χ1v) is 11.7. The van der Waals surface area contributed by atoms with E-state index in [4.69, 9.17) is 4.42 Å². The van der Waals surface area contributed by atoms with Crippen molar-refractivity contribution < 1.29 is 14.3 Å². The van der Waals surface area contributed by atoms with E-state index >= 15 is 0 Å². The van der Waals surface area contributed by atoms with Crippen LogP contribution < -0.4 is 10.6 Å². The maximum atomic E-state index is 13.0. The molecule has 174 valence electrons. The molecular weight excluding hydrogens is 438 g/mol. The Morgan fingerprint density at radius 2 is 2.06 bits per heavy atom. The second kappa shape index (κ2) is 9.09. The first-order chi connectivity index (χ1) is 15.6. The zero-order valence-corrected chi connectivity index (χ0v) is 20.3. The van der Waals surface area contributed by atoms with E-state index in [1.165, 1.54) is 11.3 Å². The fourth-order valence-corrected chi connectivity index (χ4v) is 4.33. The number of oxazole rings is 1. The SMILES string of the molecule is Cc1ncc(-c2ccc(C(=O)Nc3nc4cc(CNC(C)C)ccc4n3CC(C)(C)O)s2)o1. The summed E-state index contributed by atoms with van der Waals surface area (Å²) in [4.78, 5) is 23.2. The summed E-state index contributed by atoms with van der Waals surface area (Å²) < 4.78 is 7.41. The Kier molecular flexibility index (Phi) is 6.38. The summed E-state index contributed by atoms with van der Waals surface area (Å²) in [7, 11) is 0. The van der Waals surface area contributed by atoms with Crippen LogP contribution in [0.4, 0.5) is 5.95 Å². The minimum Gasteiger partial charge on any atom is -0.440 e. The lowest BCUT2D eigenvalue weighted by atomic mass is 10.1. The van der Waals surface area contributed by atoms with Crippen LogP contribution in [0.25, 0.3) is 21.7 Å². The Morgan fingerprint density at radius 1 is 1.27 bits per heavy atom. The first kappa shape index (κ1) is 23.2. The highest BCUT2D eigenvalue weighted by molar-refractivity contribution is 7.17. The van der Waals surface area contributed by atoms with Gasteiger partial charge < -0.3 is 19.4 Å². The maximum absolute atomic E-state index is 13.0. The molecule has 0 spiro atoms. The molecule has 0 aliphatic heterocycles. The van der Waals surface area contributed by atoms with Gasteiger partial charge in [0, 0.05) is 19.5 Å². The zero-order chi connectivity index (χ0) is 23.8. The van der Waals surface area contributed by atoms with Gasteiger partial charge in [-0.15, -0.1) is 11.3 Å². The normalized spacial score (nSPS) is 12.1. The van der Waals surface area contributed by atoms with Gasteiger partial charge >= 0.3 is 0 Å². The topological polar surface area (TPSA) is 105 Å². The molecular formula is C24H29N5O3S. The number of hydrogen-bond acceptors (Lipinski definition) is 7. The van der Waals surface area contributed by atoms with Crippen LogP contribution in [-0.2, 0) is 13.1 Å². The van der Waals surface area contributed by atoms with E-state index in [-0.39, 0.29) is 12.5 Å². The predicted octanol–water partition coefficient (Wildman–Crippen LogP) is 4.58. The van der Waals surface area contributed by atoms with Crippen molar-refractivity contribution in [1.29, 1.82) is 0 Å². The van der Waals surface area contributed by atoms with Crippen LogP contribution in [-0.4, -0.2) is 37.2 Å². The number of imidazole rings is 1. The highest BCUT2D eigenvalue weighted by atomic mass is 32.1. The first-order valence-electron chi connectivity index (χ1n) is 10.9. The molecule has 0 bridgehead atoms. The van der Waals surface area contributed by atoms with Gasteiger partial charge in [0.15, 0.2) is 11.7 Å². The standard InChI is InChI=1S/C24H29N5O3S/c1-14(2)25-11-16-6-7-18-17(10-16)27-23(29(18)13-24(4,5)31)28-22(30)21-9-8-20(33-21)19-12-26-15(3)32-19/h6-10,12,14,25,31H,11,13H2,1-5H3,(H,27,28,30). The van der Waals surface area contributed by atoms with Crippen molar-refractivity contribution in [2.75, 3.05) is 5.32 Å². The van der Waals surface area contributed by atoms with Gasteiger partial charge in [0.25, 0.3) is 5.91 Å². The molecule has 0 fully saturated rings. The number of rotatable bonds is 8. The van der Waals surface area contributed by atoms with E-state index in [0.717, 1.165) is 28.0 Å². The van der Waals surface area contributed by atoms with Crippen LogP contribution in [0.1, 0.15) is 48.8 Å². The van der Waals surface area contributed by atoms with Gasteiger partial charge in [-0.1, -0.05) is 19.9 Å². The van der Waals surface area contributed by atoms with Gasteiger partial charge in [-0.25, -0.2) is 9.97 Å². The largest absolute Gasteiger partial charge is 0.440 e. The average molecular weight is 468 g/mol. The summed E-state index contributed by atoms with van der Waals surface area (Å²) >= 11 is 1.32. The number of aryl methyl sites for hydroxylation is 1. The summed E-state index contributed by atoms with van der Waals surface area (Å²) in [6, 6.07) is 10.0. The Labute approximate surface area is 196 Å². The summed E-state index contributed by atoms with van der Waals surface area (Å²) in [5, 5.41) is 16.8. The fourth-order valence-electron chi connectivity index (χ4n) is 3.48. The minimum absolute atomic E-state index is 0.267. The van der Waals surface area contributed by atoms with E-state index < -0.39 is 5.60 Å². The van der Waals surface area contributed by atoms with Gasteiger partial charge in [0.1, 0.15) is 0 Å². The van der Waals surface area contributed by atoms with Gasteiger partial charge in [0.2, 0.25) is 5.95 Å². The molecule has 33 heavy (non-hydrogen) atoms. The molecule has 0 unspecified atom stereocenters. The number of aliphatic hydroxyl groups is 1. The smallest absolute Gasteiger partial charge is 0.268 e. The number of carbonyl (C=O) groups is 1. The van der Waals surface area contributed by atoms with E-state index in [9.17, 15) is 9.90 Å². The van der Waals surface area contributed by atoms with Crippen molar-refractivity contribution in [2.24, 2.45) is 0 Å². The molecule has 0 aliphatic carbocycles. The number of nitrogens with zero attached hydrogens (tertiary/aromatic N) is 3. The number of amides is 1. The van der Waals surface area contributed by atoms with Crippen molar-refractivity contribution in [1.82, 2.24) is 19.9 Å². The van der Waals surface area contributed by atoms with Crippen LogP contribution >= 0.6 is 11.3 Å². The van der Waals surface area contributed by atoms with Crippen molar-refractivity contribution in [2.45, 2.75) is 59.4 Å². The highest BCUT2D eigenvalue weighted by Crippen LogP contribution is 2.30. The van der Waals surface area contributed by atoms with E-state index in [2.05, 4.69) is 34.4 Å². The monoisotopic (exact) mass is 467 g/mol. The van der Waals surface area contributed by atoms with Crippen molar-refractivity contribution in [3.63, 3.8) is 0 Å². The molecule has 0 saturated carbocycles. The number of aromatic nitrogens is 3. The van der Waals surface area contributed by atoms with Crippen LogP contribution in [0.5, 0.6) is 0 Å². The van der Waals surface area contributed by atoms with Crippen LogP contribution in [0.15, 0.2) is 40.9 Å². The van der Waals surface area contributed by atoms with Crippen LogP contribution in [0, 0.1) is 6.92 Å². The average Bonchev–Trinajstić information content (AvgIpc) is 3.45. The Hall–Kier alpha value is -3.01. The van der Waals surface area contributed by atoms with Gasteiger partial charge in [-0.3, -0.25) is 10.1 Å². The Bertz CT molecular complexity index is 1280. The van der Waals surface area contributed by atoms with Gasteiger partial charge in [0.05, 0.1) is 39.1 Å². The number of carbonyl (C=O) groups excluding carboxylic acids is 1.